The van der Waals surface area contributed by atoms with Crippen molar-refractivity contribution in [3.05, 3.63) is 54.4 Å². The molecule has 6 nitrogen and oxygen atoms in total. The zero-order valence-electron chi connectivity index (χ0n) is 13.6. The zero-order chi connectivity index (χ0) is 16.8. The lowest BCUT2D eigenvalue weighted by atomic mass is 10.1. The highest BCUT2D eigenvalue weighted by molar-refractivity contribution is 5.82. The highest BCUT2D eigenvalue weighted by atomic mass is 16.2. The first-order chi connectivity index (χ1) is 11.7. The number of hydrogen-bond donors (Lipinski definition) is 1. The number of carbonyl (C=O) groups excluding carboxylic acids is 2. The summed E-state index contributed by atoms with van der Waals surface area (Å²) >= 11 is 0. The fourth-order valence-electron chi connectivity index (χ4n) is 3.02. The molecule has 0 spiro atoms. The molecular weight excluding hydrogens is 304 g/mol. The zero-order valence-corrected chi connectivity index (χ0v) is 13.6. The third-order valence-electron chi connectivity index (χ3n) is 4.18. The van der Waals surface area contributed by atoms with E-state index in [-0.39, 0.29) is 24.4 Å². The molecule has 1 fully saturated rings. The van der Waals surface area contributed by atoms with Crippen molar-refractivity contribution in [2.75, 3.05) is 13.1 Å². The van der Waals surface area contributed by atoms with Crippen molar-refractivity contribution in [1.29, 1.82) is 0 Å². The molecule has 126 valence electrons. The van der Waals surface area contributed by atoms with Crippen LogP contribution in [0.5, 0.6) is 0 Å². The van der Waals surface area contributed by atoms with Crippen LogP contribution in [0.3, 0.4) is 0 Å². The van der Waals surface area contributed by atoms with Crippen LogP contribution < -0.4 is 5.32 Å². The standard InChI is InChI=1S/C18H22N4O2/c23-17(14-22-11-5-9-19-22)20-16-12-18(24)21(13-16)10-4-8-15-6-2-1-3-7-15/h1-3,5-7,9,11,16H,4,8,10,12-14H2,(H,20,23). The van der Waals surface area contributed by atoms with Gasteiger partial charge in [-0.15, -0.1) is 0 Å². The molecule has 1 aromatic carbocycles. The molecule has 1 atom stereocenters. The Morgan fingerprint density at radius 2 is 2.08 bits per heavy atom. The molecule has 2 heterocycles. The van der Waals surface area contributed by atoms with E-state index >= 15 is 0 Å². The second kappa shape index (κ2) is 7.77. The largest absolute Gasteiger partial charge is 0.349 e. The number of nitrogens with zero attached hydrogens (tertiary/aromatic N) is 3. The van der Waals surface area contributed by atoms with E-state index < -0.39 is 0 Å². The Kier molecular flexibility index (Phi) is 5.25. The van der Waals surface area contributed by atoms with Gasteiger partial charge in [-0.05, 0) is 24.5 Å². The maximum absolute atomic E-state index is 12.1. The molecule has 24 heavy (non-hydrogen) atoms. The number of benzene rings is 1. The number of aryl methyl sites for hydroxylation is 1. The van der Waals surface area contributed by atoms with Gasteiger partial charge in [-0.3, -0.25) is 14.3 Å². The van der Waals surface area contributed by atoms with Crippen LogP contribution in [0.1, 0.15) is 18.4 Å². The Morgan fingerprint density at radius 1 is 1.25 bits per heavy atom. The van der Waals surface area contributed by atoms with E-state index in [0.29, 0.717) is 13.0 Å². The Bertz CT molecular complexity index is 670. The second-order valence-electron chi connectivity index (χ2n) is 6.10. The summed E-state index contributed by atoms with van der Waals surface area (Å²) in [6.45, 7) is 1.52. The molecule has 2 amide bonds. The van der Waals surface area contributed by atoms with Gasteiger partial charge in [0.2, 0.25) is 11.8 Å². The Morgan fingerprint density at radius 3 is 2.83 bits per heavy atom. The maximum atomic E-state index is 12.1. The molecule has 3 rings (SSSR count). The van der Waals surface area contributed by atoms with Crippen molar-refractivity contribution in [1.82, 2.24) is 20.0 Å². The van der Waals surface area contributed by atoms with Crippen LogP contribution in [0, 0.1) is 0 Å². The number of likely N-dealkylation sites (tertiary alicyclic amines) is 1. The third-order valence-corrected chi connectivity index (χ3v) is 4.18. The molecule has 6 heteroatoms. The summed E-state index contributed by atoms with van der Waals surface area (Å²) in [5, 5.41) is 6.93. The summed E-state index contributed by atoms with van der Waals surface area (Å²) in [5.74, 6) is 0.00934. The number of nitrogens with one attached hydrogen (secondary N) is 1. The van der Waals surface area contributed by atoms with Crippen molar-refractivity contribution in [2.24, 2.45) is 0 Å². The van der Waals surface area contributed by atoms with Crippen molar-refractivity contribution < 1.29 is 9.59 Å². The fraction of sp³-hybridized carbons (Fsp3) is 0.389. The molecule has 1 saturated heterocycles. The Labute approximate surface area is 141 Å². The predicted octanol–water partition coefficient (Wildman–Crippen LogP) is 1.23. The molecule has 0 bridgehead atoms. The van der Waals surface area contributed by atoms with Gasteiger partial charge in [0.15, 0.2) is 0 Å². The lowest BCUT2D eigenvalue weighted by molar-refractivity contribution is -0.127. The minimum absolute atomic E-state index is 0.0997. The Balaban J connectivity index is 1.41. The Hall–Kier alpha value is -2.63. The molecular formula is C18H22N4O2. The van der Waals surface area contributed by atoms with Gasteiger partial charge in [0.25, 0.3) is 0 Å². The lowest BCUT2D eigenvalue weighted by Crippen LogP contribution is -2.39. The van der Waals surface area contributed by atoms with E-state index in [4.69, 9.17) is 0 Å². The van der Waals surface area contributed by atoms with E-state index in [1.807, 2.05) is 23.1 Å². The van der Waals surface area contributed by atoms with E-state index in [2.05, 4.69) is 22.5 Å². The van der Waals surface area contributed by atoms with E-state index in [1.165, 1.54) is 5.56 Å². The summed E-state index contributed by atoms with van der Waals surface area (Å²) in [6.07, 6.45) is 5.66. The smallest absolute Gasteiger partial charge is 0.242 e. The van der Waals surface area contributed by atoms with Crippen LogP contribution in [0.2, 0.25) is 0 Å². The van der Waals surface area contributed by atoms with Crippen LogP contribution in [-0.2, 0) is 22.6 Å². The average molecular weight is 326 g/mol. The maximum Gasteiger partial charge on any atom is 0.242 e. The predicted molar refractivity (Wildman–Crippen MR) is 90.1 cm³/mol. The summed E-state index contributed by atoms with van der Waals surface area (Å²) in [4.78, 5) is 25.9. The van der Waals surface area contributed by atoms with Crippen LogP contribution in [0.4, 0.5) is 0 Å². The van der Waals surface area contributed by atoms with Crippen LogP contribution in [0.15, 0.2) is 48.8 Å². The number of hydrogen-bond acceptors (Lipinski definition) is 3. The average Bonchev–Trinajstić information content (AvgIpc) is 3.18. The molecule has 0 aliphatic carbocycles. The molecule has 1 unspecified atom stereocenters. The van der Waals surface area contributed by atoms with Gasteiger partial charge in [0.05, 0.1) is 6.04 Å². The van der Waals surface area contributed by atoms with Crippen molar-refractivity contribution in [3.8, 4) is 0 Å². The van der Waals surface area contributed by atoms with Crippen LogP contribution in [0.25, 0.3) is 0 Å². The third kappa shape index (κ3) is 4.44. The van der Waals surface area contributed by atoms with Gasteiger partial charge in [-0.2, -0.15) is 5.10 Å². The van der Waals surface area contributed by atoms with Crippen molar-refractivity contribution >= 4 is 11.8 Å². The first-order valence-electron chi connectivity index (χ1n) is 8.29. The number of rotatable bonds is 7. The highest BCUT2D eigenvalue weighted by Gasteiger charge is 2.30. The molecule has 0 radical (unpaired) electrons. The van der Waals surface area contributed by atoms with Gasteiger partial charge < -0.3 is 10.2 Å². The van der Waals surface area contributed by atoms with Gasteiger partial charge in [0.1, 0.15) is 6.54 Å². The minimum Gasteiger partial charge on any atom is -0.349 e. The second-order valence-corrected chi connectivity index (χ2v) is 6.10. The molecule has 1 aliphatic rings. The van der Waals surface area contributed by atoms with E-state index in [0.717, 1.165) is 19.4 Å². The summed E-state index contributed by atoms with van der Waals surface area (Å²) < 4.78 is 1.57. The summed E-state index contributed by atoms with van der Waals surface area (Å²) in [6, 6.07) is 11.9. The van der Waals surface area contributed by atoms with Crippen LogP contribution in [-0.4, -0.2) is 45.6 Å². The summed E-state index contributed by atoms with van der Waals surface area (Å²) in [7, 11) is 0. The van der Waals surface area contributed by atoms with Crippen LogP contribution >= 0.6 is 0 Å². The number of aromatic nitrogens is 2. The van der Waals surface area contributed by atoms with Crippen molar-refractivity contribution in [2.45, 2.75) is 31.8 Å². The first kappa shape index (κ1) is 16.2. The number of carbonyl (C=O) groups is 2. The van der Waals surface area contributed by atoms with Gasteiger partial charge in [-0.25, -0.2) is 0 Å². The first-order valence-corrected chi connectivity index (χ1v) is 8.29. The van der Waals surface area contributed by atoms with E-state index in [1.54, 1.807) is 23.1 Å². The quantitative estimate of drug-likeness (QED) is 0.832. The molecule has 1 aromatic heterocycles. The van der Waals surface area contributed by atoms with Gasteiger partial charge in [-0.1, -0.05) is 30.3 Å². The molecule has 1 aliphatic heterocycles. The fourth-order valence-corrected chi connectivity index (χ4v) is 3.02. The lowest BCUT2D eigenvalue weighted by Gasteiger charge is -2.17. The minimum atomic E-state index is -0.109. The monoisotopic (exact) mass is 326 g/mol. The molecule has 1 N–H and O–H groups in total. The molecule has 0 saturated carbocycles. The number of amides is 2. The van der Waals surface area contributed by atoms with E-state index in [9.17, 15) is 9.59 Å². The highest BCUT2D eigenvalue weighted by Crippen LogP contribution is 2.13. The van der Waals surface area contributed by atoms with Gasteiger partial charge >= 0.3 is 0 Å². The molecule has 2 aromatic rings. The topological polar surface area (TPSA) is 67.2 Å². The van der Waals surface area contributed by atoms with Gasteiger partial charge in [0, 0.05) is 31.9 Å². The summed E-state index contributed by atoms with van der Waals surface area (Å²) in [5.41, 5.74) is 1.29. The van der Waals surface area contributed by atoms with Crippen molar-refractivity contribution in [3.63, 3.8) is 0 Å². The normalized spacial score (nSPS) is 17.2. The SMILES string of the molecule is O=C(Cn1cccn1)NC1CC(=O)N(CCCc2ccccc2)C1.